The average Bonchev–Trinajstić information content (AvgIpc) is 2.19. The van der Waals surface area contributed by atoms with E-state index in [4.69, 9.17) is 9.47 Å². The molecule has 1 fully saturated rings. The summed E-state index contributed by atoms with van der Waals surface area (Å²) in [6.07, 6.45) is 3.52. The van der Waals surface area contributed by atoms with Crippen molar-refractivity contribution in [2.24, 2.45) is 10.8 Å². The molecule has 0 spiro atoms. The lowest BCUT2D eigenvalue weighted by Gasteiger charge is -2.34. The molecule has 0 saturated heterocycles. The molecule has 3 nitrogen and oxygen atoms in total. The second-order valence-electron chi connectivity index (χ2n) is 7.36. The summed E-state index contributed by atoms with van der Waals surface area (Å²) in [5.74, 6) is 0. The number of carbonyl (C=O) groups is 1. The fraction of sp³-hybridized carbons (Fsp3) is 0.933. The lowest BCUT2D eigenvalue weighted by atomic mass is 9.76. The molecule has 1 atom stereocenters. The molecule has 0 heterocycles. The molecule has 0 aromatic carbocycles. The zero-order chi connectivity index (χ0) is 14.0. The summed E-state index contributed by atoms with van der Waals surface area (Å²) in [6, 6.07) is 0. The van der Waals surface area contributed by atoms with Crippen LogP contribution in [-0.2, 0) is 9.47 Å². The predicted molar refractivity (Wildman–Crippen MR) is 72.5 cm³/mol. The zero-order valence-corrected chi connectivity index (χ0v) is 12.7. The fourth-order valence-corrected chi connectivity index (χ4v) is 1.98. The van der Waals surface area contributed by atoms with Crippen LogP contribution in [0.3, 0.4) is 0 Å². The summed E-state index contributed by atoms with van der Waals surface area (Å²) < 4.78 is 10.7. The van der Waals surface area contributed by atoms with E-state index in [9.17, 15) is 4.79 Å². The SMILES string of the molecule is CC(OC(=O)OC1CCC(C)(C)CC1)C(C)(C)C. The monoisotopic (exact) mass is 256 g/mol. The smallest absolute Gasteiger partial charge is 0.431 e. The van der Waals surface area contributed by atoms with Crippen LogP contribution in [0.5, 0.6) is 0 Å². The van der Waals surface area contributed by atoms with Crippen LogP contribution in [0.2, 0.25) is 0 Å². The maximum atomic E-state index is 11.7. The van der Waals surface area contributed by atoms with E-state index in [1.54, 1.807) is 0 Å². The van der Waals surface area contributed by atoms with Crippen LogP contribution in [0.4, 0.5) is 4.79 Å². The summed E-state index contributed by atoms with van der Waals surface area (Å²) in [4.78, 5) is 11.7. The van der Waals surface area contributed by atoms with E-state index in [0.717, 1.165) is 25.7 Å². The van der Waals surface area contributed by atoms with Gasteiger partial charge in [0.05, 0.1) is 0 Å². The van der Waals surface area contributed by atoms with E-state index >= 15 is 0 Å². The van der Waals surface area contributed by atoms with E-state index in [0.29, 0.717) is 5.41 Å². The van der Waals surface area contributed by atoms with Crippen molar-refractivity contribution < 1.29 is 14.3 Å². The van der Waals surface area contributed by atoms with Crippen LogP contribution in [0, 0.1) is 10.8 Å². The van der Waals surface area contributed by atoms with Gasteiger partial charge >= 0.3 is 6.16 Å². The molecule has 1 unspecified atom stereocenters. The first-order valence-electron chi connectivity index (χ1n) is 6.97. The Labute approximate surface area is 111 Å². The Morgan fingerprint density at radius 1 is 1.22 bits per heavy atom. The van der Waals surface area contributed by atoms with Crippen LogP contribution < -0.4 is 0 Å². The van der Waals surface area contributed by atoms with Gasteiger partial charge in [-0.15, -0.1) is 0 Å². The first-order chi connectivity index (χ1) is 8.10. The number of rotatable bonds is 2. The lowest BCUT2D eigenvalue weighted by molar-refractivity contribution is -0.0398. The second kappa shape index (κ2) is 5.50. The van der Waals surface area contributed by atoms with Crippen LogP contribution in [0.25, 0.3) is 0 Å². The fourth-order valence-electron chi connectivity index (χ4n) is 1.98. The van der Waals surface area contributed by atoms with E-state index < -0.39 is 6.16 Å². The van der Waals surface area contributed by atoms with Gasteiger partial charge in [-0.3, -0.25) is 0 Å². The molecule has 0 N–H and O–H groups in total. The summed E-state index contributed by atoms with van der Waals surface area (Å²) in [7, 11) is 0. The van der Waals surface area contributed by atoms with Crippen LogP contribution in [0.15, 0.2) is 0 Å². The van der Waals surface area contributed by atoms with Gasteiger partial charge in [0.2, 0.25) is 0 Å². The van der Waals surface area contributed by atoms with E-state index in [-0.39, 0.29) is 17.6 Å². The van der Waals surface area contributed by atoms with E-state index in [1.165, 1.54) is 0 Å². The van der Waals surface area contributed by atoms with Gasteiger partial charge < -0.3 is 9.47 Å². The first-order valence-corrected chi connectivity index (χ1v) is 6.97. The molecular weight excluding hydrogens is 228 g/mol. The summed E-state index contributed by atoms with van der Waals surface area (Å²) in [5.41, 5.74) is 0.343. The van der Waals surface area contributed by atoms with Crippen LogP contribution in [0.1, 0.15) is 67.2 Å². The maximum Gasteiger partial charge on any atom is 0.508 e. The number of hydrogen-bond donors (Lipinski definition) is 0. The predicted octanol–water partition coefficient (Wildman–Crippen LogP) is 4.54. The zero-order valence-electron chi connectivity index (χ0n) is 12.7. The Morgan fingerprint density at radius 3 is 2.17 bits per heavy atom. The molecule has 3 heteroatoms. The highest BCUT2D eigenvalue weighted by molar-refractivity contribution is 5.60. The second-order valence-corrected chi connectivity index (χ2v) is 7.36. The van der Waals surface area contributed by atoms with Gasteiger partial charge in [-0.1, -0.05) is 34.6 Å². The van der Waals surface area contributed by atoms with Crippen molar-refractivity contribution in [2.75, 3.05) is 0 Å². The van der Waals surface area contributed by atoms with Gasteiger partial charge in [0, 0.05) is 0 Å². The Balaban J connectivity index is 2.34. The molecule has 1 rings (SSSR count). The average molecular weight is 256 g/mol. The molecule has 18 heavy (non-hydrogen) atoms. The standard InChI is InChI=1S/C15H28O3/c1-11(14(2,3)4)17-13(16)18-12-7-9-15(5,6)10-8-12/h11-12H,7-10H2,1-6H3. The minimum atomic E-state index is -0.512. The van der Waals surface area contributed by atoms with Crippen molar-refractivity contribution in [1.29, 1.82) is 0 Å². The molecule has 0 aliphatic heterocycles. The Morgan fingerprint density at radius 2 is 1.72 bits per heavy atom. The van der Waals surface area contributed by atoms with Gasteiger partial charge in [-0.25, -0.2) is 4.79 Å². The van der Waals surface area contributed by atoms with Crippen molar-refractivity contribution in [2.45, 2.75) is 79.4 Å². The third kappa shape index (κ3) is 4.87. The summed E-state index contributed by atoms with van der Waals surface area (Å²) >= 11 is 0. The molecule has 106 valence electrons. The molecule has 1 aliphatic carbocycles. The summed E-state index contributed by atoms with van der Waals surface area (Å²) in [5, 5.41) is 0. The first kappa shape index (κ1) is 15.3. The minimum absolute atomic E-state index is 0.0395. The molecule has 0 amide bonds. The Hall–Kier alpha value is -0.730. The van der Waals surface area contributed by atoms with Crippen molar-refractivity contribution >= 4 is 6.16 Å². The lowest BCUT2D eigenvalue weighted by Crippen LogP contribution is -2.32. The van der Waals surface area contributed by atoms with E-state index in [2.05, 4.69) is 13.8 Å². The Kier molecular flexibility index (Phi) is 4.68. The van der Waals surface area contributed by atoms with Crippen LogP contribution >= 0.6 is 0 Å². The Bertz CT molecular complexity index is 279. The number of carbonyl (C=O) groups excluding carboxylic acids is 1. The van der Waals surface area contributed by atoms with E-state index in [1.807, 2.05) is 27.7 Å². The molecule has 0 aromatic rings. The van der Waals surface area contributed by atoms with Gasteiger partial charge in [0.1, 0.15) is 12.2 Å². The quantitative estimate of drug-likeness (QED) is 0.680. The number of ether oxygens (including phenoxy) is 2. The number of hydrogen-bond acceptors (Lipinski definition) is 3. The van der Waals surface area contributed by atoms with Crippen LogP contribution in [-0.4, -0.2) is 18.4 Å². The van der Waals surface area contributed by atoms with Gasteiger partial charge in [-0.05, 0) is 43.4 Å². The van der Waals surface area contributed by atoms with Crippen molar-refractivity contribution in [3.63, 3.8) is 0 Å². The largest absolute Gasteiger partial charge is 0.508 e. The molecule has 0 radical (unpaired) electrons. The maximum absolute atomic E-state index is 11.7. The highest BCUT2D eigenvalue weighted by atomic mass is 16.7. The molecule has 0 bridgehead atoms. The molecule has 1 aliphatic rings. The third-order valence-electron chi connectivity index (χ3n) is 4.04. The molecule has 0 aromatic heterocycles. The normalized spacial score (nSPS) is 22.3. The van der Waals surface area contributed by atoms with Gasteiger partial charge in [0.15, 0.2) is 0 Å². The van der Waals surface area contributed by atoms with Gasteiger partial charge in [0.25, 0.3) is 0 Å². The summed E-state index contributed by atoms with van der Waals surface area (Å²) in [6.45, 7) is 12.6. The highest BCUT2D eigenvalue weighted by Gasteiger charge is 2.30. The van der Waals surface area contributed by atoms with Crippen molar-refractivity contribution in [3.8, 4) is 0 Å². The van der Waals surface area contributed by atoms with Gasteiger partial charge in [-0.2, -0.15) is 0 Å². The molecular formula is C15H28O3. The van der Waals surface area contributed by atoms with Crippen molar-refractivity contribution in [1.82, 2.24) is 0 Å². The van der Waals surface area contributed by atoms with Crippen molar-refractivity contribution in [3.05, 3.63) is 0 Å². The third-order valence-corrected chi connectivity index (χ3v) is 4.04. The molecule has 1 saturated carbocycles. The topological polar surface area (TPSA) is 35.5 Å². The highest BCUT2D eigenvalue weighted by Crippen LogP contribution is 2.36. The minimum Gasteiger partial charge on any atom is -0.431 e.